The molecule has 2 aromatic rings. The number of carbonyl (C=O) groups excluding carboxylic acids is 1. The Hall–Kier alpha value is -1.82. The minimum absolute atomic E-state index is 0.197. The van der Waals surface area contributed by atoms with Gasteiger partial charge in [-0.05, 0) is 36.2 Å². The molecule has 0 bridgehead atoms. The van der Waals surface area contributed by atoms with Crippen LogP contribution in [-0.2, 0) is 16.6 Å². The van der Waals surface area contributed by atoms with Crippen molar-refractivity contribution in [2.24, 2.45) is 0 Å². The monoisotopic (exact) mass is 317 g/mol. The van der Waals surface area contributed by atoms with E-state index in [9.17, 15) is 10.1 Å². The van der Waals surface area contributed by atoms with Crippen molar-refractivity contribution in [3.05, 3.63) is 69.7 Å². The molecular formula is C17H13Cl2NO. The fourth-order valence-electron chi connectivity index (χ4n) is 2.30. The molecule has 106 valence electrons. The van der Waals surface area contributed by atoms with Crippen LogP contribution >= 0.6 is 23.2 Å². The van der Waals surface area contributed by atoms with E-state index in [1.807, 2.05) is 18.2 Å². The van der Waals surface area contributed by atoms with Crippen molar-refractivity contribution in [2.75, 3.05) is 0 Å². The molecule has 0 aliphatic heterocycles. The second kappa shape index (κ2) is 6.30. The first-order valence-electron chi connectivity index (χ1n) is 6.41. The summed E-state index contributed by atoms with van der Waals surface area (Å²) >= 11 is 12.2. The maximum Gasteiger partial charge on any atom is 0.154 e. The highest BCUT2D eigenvalue weighted by molar-refractivity contribution is 6.33. The lowest BCUT2D eigenvalue weighted by atomic mass is 9.74. The fraction of sp³-hybridized carbons (Fsp3) is 0.176. The molecule has 4 heteroatoms. The van der Waals surface area contributed by atoms with E-state index >= 15 is 0 Å². The smallest absolute Gasteiger partial charge is 0.154 e. The topological polar surface area (TPSA) is 40.9 Å². The van der Waals surface area contributed by atoms with E-state index in [0.29, 0.717) is 21.2 Å². The SMILES string of the molecule is CC(=O)C(C#N)(Cc1cc(Cl)ccc1Cl)c1ccccc1. The molecule has 2 aromatic carbocycles. The van der Waals surface area contributed by atoms with Gasteiger partial charge in [-0.25, -0.2) is 0 Å². The van der Waals surface area contributed by atoms with Crippen molar-refractivity contribution < 1.29 is 4.79 Å². The lowest BCUT2D eigenvalue weighted by Gasteiger charge is -2.25. The van der Waals surface area contributed by atoms with Crippen molar-refractivity contribution >= 4 is 29.0 Å². The van der Waals surface area contributed by atoms with Crippen LogP contribution in [0.3, 0.4) is 0 Å². The van der Waals surface area contributed by atoms with Gasteiger partial charge < -0.3 is 0 Å². The number of ketones is 1. The lowest BCUT2D eigenvalue weighted by molar-refractivity contribution is -0.120. The van der Waals surface area contributed by atoms with Gasteiger partial charge in [-0.15, -0.1) is 0 Å². The second-order valence-electron chi connectivity index (χ2n) is 4.85. The van der Waals surface area contributed by atoms with Crippen molar-refractivity contribution in [3.8, 4) is 6.07 Å². The summed E-state index contributed by atoms with van der Waals surface area (Å²) in [4.78, 5) is 12.2. The number of nitrogens with zero attached hydrogens (tertiary/aromatic N) is 1. The van der Waals surface area contributed by atoms with E-state index in [-0.39, 0.29) is 12.2 Å². The third kappa shape index (κ3) is 3.10. The minimum atomic E-state index is -1.25. The van der Waals surface area contributed by atoms with E-state index in [1.54, 1.807) is 30.3 Å². The van der Waals surface area contributed by atoms with E-state index < -0.39 is 5.41 Å². The van der Waals surface area contributed by atoms with E-state index in [4.69, 9.17) is 23.2 Å². The molecule has 0 aliphatic rings. The number of hydrogen-bond donors (Lipinski definition) is 0. The first-order valence-corrected chi connectivity index (χ1v) is 7.17. The predicted molar refractivity (Wildman–Crippen MR) is 84.6 cm³/mol. The lowest BCUT2D eigenvalue weighted by Crippen LogP contribution is -2.35. The molecule has 2 nitrogen and oxygen atoms in total. The van der Waals surface area contributed by atoms with E-state index in [2.05, 4.69) is 6.07 Å². The molecule has 0 spiro atoms. The van der Waals surface area contributed by atoms with Gasteiger partial charge in [-0.2, -0.15) is 5.26 Å². The predicted octanol–water partition coefficient (Wildman–Crippen LogP) is 4.59. The molecular weight excluding hydrogens is 305 g/mol. The summed E-state index contributed by atoms with van der Waals surface area (Å²) in [5, 5.41) is 10.7. The Bertz CT molecular complexity index is 706. The average molecular weight is 318 g/mol. The minimum Gasteiger partial charge on any atom is -0.298 e. The van der Waals surface area contributed by atoms with Gasteiger partial charge in [0.1, 0.15) is 5.41 Å². The molecule has 0 fully saturated rings. The molecule has 0 N–H and O–H groups in total. The number of nitriles is 1. The van der Waals surface area contributed by atoms with E-state index in [1.165, 1.54) is 6.92 Å². The van der Waals surface area contributed by atoms with Gasteiger partial charge in [-0.1, -0.05) is 53.5 Å². The van der Waals surface area contributed by atoms with Crippen LogP contribution in [0.25, 0.3) is 0 Å². The molecule has 1 atom stereocenters. The molecule has 21 heavy (non-hydrogen) atoms. The number of Topliss-reactive ketones (excluding diaryl/α,β-unsaturated/α-hetero) is 1. The molecule has 0 saturated heterocycles. The molecule has 0 heterocycles. The second-order valence-corrected chi connectivity index (χ2v) is 5.70. The van der Waals surface area contributed by atoms with Crippen molar-refractivity contribution in [2.45, 2.75) is 18.8 Å². The largest absolute Gasteiger partial charge is 0.298 e. The van der Waals surface area contributed by atoms with E-state index in [0.717, 1.165) is 0 Å². The first kappa shape index (κ1) is 15.6. The average Bonchev–Trinajstić information content (AvgIpc) is 2.49. The maximum atomic E-state index is 12.2. The van der Waals surface area contributed by atoms with Crippen LogP contribution in [0.2, 0.25) is 10.0 Å². The summed E-state index contributed by atoms with van der Waals surface area (Å²) in [6, 6.07) is 16.2. The summed E-state index contributed by atoms with van der Waals surface area (Å²) < 4.78 is 0. The van der Waals surface area contributed by atoms with Crippen LogP contribution in [-0.4, -0.2) is 5.78 Å². The Morgan fingerprint density at radius 1 is 1.19 bits per heavy atom. The van der Waals surface area contributed by atoms with Gasteiger partial charge >= 0.3 is 0 Å². The zero-order valence-electron chi connectivity index (χ0n) is 11.4. The number of rotatable bonds is 4. The van der Waals surface area contributed by atoms with Crippen LogP contribution in [0.5, 0.6) is 0 Å². The quantitative estimate of drug-likeness (QED) is 0.827. The van der Waals surface area contributed by atoms with Gasteiger partial charge in [0.05, 0.1) is 6.07 Å². The Labute approximate surface area is 133 Å². The molecule has 0 radical (unpaired) electrons. The highest BCUT2D eigenvalue weighted by atomic mass is 35.5. The van der Waals surface area contributed by atoms with Crippen molar-refractivity contribution in [1.29, 1.82) is 5.26 Å². The van der Waals surface area contributed by atoms with Crippen LogP contribution in [0.1, 0.15) is 18.1 Å². The summed E-state index contributed by atoms with van der Waals surface area (Å²) in [6.45, 7) is 1.43. The van der Waals surface area contributed by atoms with Gasteiger partial charge in [-0.3, -0.25) is 4.79 Å². The van der Waals surface area contributed by atoms with Crippen molar-refractivity contribution in [1.82, 2.24) is 0 Å². The molecule has 1 unspecified atom stereocenters. The van der Waals surface area contributed by atoms with Crippen LogP contribution in [0.4, 0.5) is 0 Å². The summed E-state index contributed by atoms with van der Waals surface area (Å²) in [5.74, 6) is -0.216. The normalized spacial score (nSPS) is 13.2. The Morgan fingerprint density at radius 2 is 1.86 bits per heavy atom. The third-order valence-electron chi connectivity index (χ3n) is 3.52. The van der Waals surface area contributed by atoms with Crippen molar-refractivity contribution in [3.63, 3.8) is 0 Å². The fourth-order valence-corrected chi connectivity index (χ4v) is 2.68. The zero-order chi connectivity index (χ0) is 15.5. The van der Waals surface area contributed by atoms with Crippen LogP contribution in [0, 0.1) is 11.3 Å². The molecule has 0 amide bonds. The molecule has 2 rings (SSSR count). The number of carbonyl (C=O) groups is 1. The summed E-state index contributed by atoms with van der Waals surface area (Å²) in [5.41, 5.74) is 0.0936. The Balaban J connectivity index is 2.55. The zero-order valence-corrected chi connectivity index (χ0v) is 12.9. The highest BCUT2D eigenvalue weighted by Gasteiger charge is 2.38. The summed E-state index contributed by atoms with van der Waals surface area (Å²) in [7, 11) is 0. The van der Waals surface area contributed by atoms with Gasteiger partial charge in [0.25, 0.3) is 0 Å². The number of halogens is 2. The number of hydrogen-bond acceptors (Lipinski definition) is 2. The highest BCUT2D eigenvalue weighted by Crippen LogP contribution is 2.33. The van der Waals surface area contributed by atoms with Gasteiger partial charge in [0, 0.05) is 16.5 Å². The Kier molecular flexibility index (Phi) is 4.67. The number of benzene rings is 2. The first-order chi connectivity index (χ1) is 9.99. The standard InChI is InChI=1S/C17H13Cl2NO/c1-12(21)17(11-20,14-5-3-2-4-6-14)10-13-9-15(18)7-8-16(13)19/h2-9H,10H2,1H3. The molecule has 0 aromatic heterocycles. The van der Waals surface area contributed by atoms with Gasteiger partial charge in [0.2, 0.25) is 0 Å². The van der Waals surface area contributed by atoms with Crippen LogP contribution < -0.4 is 0 Å². The molecule has 0 saturated carbocycles. The van der Waals surface area contributed by atoms with Gasteiger partial charge in [0.15, 0.2) is 5.78 Å². The van der Waals surface area contributed by atoms with Crippen LogP contribution in [0.15, 0.2) is 48.5 Å². The third-order valence-corrected chi connectivity index (χ3v) is 4.13. The Morgan fingerprint density at radius 3 is 2.43 bits per heavy atom. The maximum absolute atomic E-state index is 12.2. The summed E-state index contributed by atoms with van der Waals surface area (Å²) in [6.07, 6.45) is 0.197. The molecule has 0 aliphatic carbocycles.